The lowest BCUT2D eigenvalue weighted by Crippen LogP contribution is -2.30. The molecule has 0 bridgehead atoms. The fourth-order valence-electron chi connectivity index (χ4n) is 1.51. The first kappa shape index (κ1) is 15.6. The number of benzene rings is 1. The third-order valence-corrected chi connectivity index (χ3v) is 2.45. The highest BCUT2D eigenvalue weighted by Crippen LogP contribution is 2.24. The summed E-state index contributed by atoms with van der Waals surface area (Å²) in [4.78, 5) is 21.3. The standard InChI is InChI=1S/C12H12N2O6/c1-2-20-12(17)11(16)10(15)8-3-7(6-13)4-9(5-8)14(18)19/h3-5,10-11,15-16H,2H2,1H3. The van der Waals surface area contributed by atoms with Crippen molar-refractivity contribution in [1.29, 1.82) is 5.26 Å². The third-order valence-electron chi connectivity index (χ3n) is 2.45. The molecule has 1 aromatic carbocycles. The number of aliphatic hydroxyl groups excluding tert-OH is 2. The molecule has 0 aromatic heterocycles. The van der Waals surface area contributed by atoms with Crippen LogP contribution in [-0.2, 0) is 9.53 Å². The molecule has 8 heteroatoms. The van der Waals surface area contributed by atoms with Gasteiger partial charge in [-0.1, -0.05) is 0 Å². The van der Waals surface area contributed by atoms with Gasteiger partial charge in [0.15, 0.2) is 6.10 Å². The molecule has 0 aliphatic carbocycles. The molecule has 0 saturated heterocycles. The largest absolute Gasteiger partial charge is 0.464 e. The van der Waals surface area contributed by atoms with Gasteiger partial charge in [-0.2, -0.15) is 5.26 Å². The topological polar surface area (TPSA) is 134 Å². The number of ether oxygens (including phenoxy) is 1. The van der Waals surface area contributed by atoms with Crippen molar-refractivity contribution < 1.29 is 24.7 Å². The van der Waals surface area contributed by atoms with Crippen molar-refractivity contribution in [2.24, 2.45) is 0 Å². The van der Waals surface area contributed by atoms with Gasteiger partial charge >= 0.3 is 5.97 Å². The van der Waals surface area contributed by atoms with Crippen molar-refractivity contribution in [1.82, 2.24) is 0 Å². The molecule has 0 radical (unpaired) electrons. The van der Waals surface area contributed by atoms with E-state index in [1.165, 1.54) is 6.92 Å². The molecule has 1 rings (SSSR count). The van der Waals surface area contributed by atoms with E-state index in [0.717, 1.165) is 18.2 Å². The van der Waals surface area contributed by atoms with Crippen LogP contribution in [0.25, 0.3) is 0 Å². The Balaban J connectivity index is 3.12. The van der Waals surface area contributed by atoms with Gasteiger partial charge in [-0.15, -0.1) is 0 Å². The lowest BCUT2D eigenvalue weighted by Gasteiger charge is -2.16. The predicted molar refractivity (Wildman–Crippen MR) is 65.4 cm³/mol. The van der Waals surface area contributed by atoms with Crippen LogP contribution in [0.3, 0.4) is 0 Å². The quantitative estimate of drug-likeness (QED) is 0.453. The number of nitrogens with zero attached hydrogens (tertiary/aromatic N) is 2. The smallest absolute Gasteiger partial charge is 0.338 e. The summed E-state index contributed by atoms with van der Waals surface area (Å²) in [5.41, 5.74) is -0.602. The molecule has 2 N–H and O–H groups in total. The molecule has 0 aliphatic heterocycles. The fourth-order valence-corrected chi connectivity index (χ4v) is 1.51. The maximum absolute atomic E-state index is 11.3. The van der Waals surface area contributed by atoms with Crippen LogP contribution < -0.4 is 0 Å². The Labute approximate surface area is 114 Å². The SMILES string of the molecule is CCOC(=O)C(O)C(O)c1cc(C#N)cc([N+](=O)[O-])c1. The van der Waals surface area contributed by atoms with E-state index in [2.05, 4.69) is 4.74 Å². The molecule has 8 nitrogen and oxygen atoms in total. The monoisotopic (exact) mass is 280 g/mol. The van der Waals surface area contributed by atoms with Gasteiger partial charge in [0.05, 0.1) is 23.2 Å². The number of carbonyl (C=O) groups excluding carboxylic acids is 1. The van der Waals surface area contributed by atoms with E-state index in [9.17, 15) is 25.1 Å². The minimum Gasteiger partial charge on any atom is -0.464 e. The first-order chi connectivity index (χ1) is 9.40. The first-order valence-electron chi connectivity index (χ1n) is 5.63. The second kappa shape index (κ2) is 6.60. The molecule has 1 aromatic rings. The van der Waals surface area contributed by atoms with E-state index < -0.39 is 28.8 Å². The lowest BCUT2D eigenvalue weighted by molar-refractivity contribution is -0.385. The summed E-state index contributed by atoms with van der Waals surface area (Å²) < 4.78 is 4.53. The fraction of sp³-hybridized carbons (Fsp3) is 0.333. The number of nitriles is 1. The number of rotatable bonds is 5. The Morgan fingerprint density at radius 2 is 2.15 bits per heavy atom. The Morgan fingerprint density at radius 1 is 1.50 bits per heavy atom. The average Bonchev–Trinajstić information content (AvgIpc) is 2.45. The average molecular weight is 280 g/mol. The van der Waals surface area contributed by atoms with E-state index >= 15 is 0 Å². The molecule has 0 spiro atoms. The van der Waals surface area contributed by atoms with Crippen LogP contribution in [0.1, 0.15) is 24.2 Å². The highest BCUT2D eigenvalue weighted by atomic mass is 16.6. The zero-order valence-corrected chi connectivity index (χ0v) is 10.5. The van der Waals surface area contributed by atoms with Gasteiger partial charge < -0.3 is 14.9 Å². The van der Waals surface area contributed by atoms with Crippen LogP contribution in [0.2, 0.25) is 0 Å². The molecule has 0 aliphatic rings. The number of carbonyl (C=O) groups is 1. The van der Waals surface area contributed by atoms with Crippen molar-refractivity contribution in [3.05, 3.63) is 39.4 Å². The van der Waals surface area contributed by atoms with Crippen molar-refractivity contribution in [3.63, 3.8) is 0 Å². The number of hydrogen-bond donors (Lipinski definition) is 2. The first-order valence-corrected chi connectivity index (χ1v) is 5.63. The highest BCUT2D eigenvalue weighted by molar-refractivity contribution is 5.75. The number of hydrogen-bond acceptors (Lipinski definition) is 7. The number of nitro groups is 1. The van der Waals surface area contributed by atoms with E-state index in [-0.39, 0.29) is 17.7 Å². The Bertz CT molecular complexity index is 566. The van der Waals surface area contributed by atoms with Crippen molar-refractivity contribution in [2.75, 3.05) is 6.61 Å². The maximum atomic E-state index is 11.3. The summed E-state index contributed by atoms with van der Waals surface area (Å²) in [6.07, 6.45) is -3.61. The lowest BCUT2D eigenvalue weighted by atomic mass is 10.0. The number of nitro benzene ring substituents is 1. The van der Waals surface area contributed by atoms with Gasteiger partial charge in [0, 0.05) is 12.1 Å². The molecule has 0 fully saturated rings. The van der Waals surface area contributed by atoms with Gasteiger partial charge in [0.2, 0.25) is 0 Å². The molecule has 106 valence electrons. The van der Waals surface area contributed by atoms with Gasteiger partial charge in [-0.25, -0.2) is 4.79 Å². The van der Waals surface area contributed by atoms with E-state index in [1.54, 1.807) is 6.07 Å². The molecular formula is C12H12N2O6. The van der Waals surface area contributed by atoms with Crippen molar-refractivity contribution in [2.45, 2.75) is 19.1 Å². The van der Waals surface area contributed by atoms with Gasteiger partial charge in [0.25, 0.3) is 5.69 Å². The van der Waals surface area contributed by atoms with Crippen LogP contribution in [0.15, 0.2) is 18.2 Å². The van der Waals surface area contributed by atoms with Gasteiger partial charge in [-0.05, 0) is 18.6 Å². The zero-order valence-electron chi connectivity index (χ0n) is 10.5. The van der Waals surface area contributed by atoms with Crippen molar-refractivity contribution >= 4 is 11.7 Å². The molecule has 20 heavy (non-hydrogen) atoms. The molecule has 0 amide bonds. The summed E-state index contributed by atoms with van der Waals surface area (Å²) in [7, 11) is 0. The summed E-state index contributed by atoms with van der Waals surface area (Å²) in [5.74, 6) is -1.05. The van der Waals surface area contributed by atoms with Crippen LogP contribution >= 0.6 is 0 Å². The van der Waals surface area contributed by atoms with Crippen LogP contribution in [0.5, 0.6) is 0 Å². The Kier molecular flexibility index (Phi) is 5.14. The normalized spacial score (nSPS) is 13.1. The second-order valence-corrected chi connectivity index (χ2v) is 3.82. The van der Waals surface area contributed by atoms with Gasteiger partial charge in [0.1, 0.15) is 6.10 Å². The number of non-ortho nitro benzene ring substituents is 1. The highest BCUT2D eigenvalue weighted by Gasteiger charge is 2.28. The summed E-state index contributed by atoms with van der Waals surface area (Å²) in [6, 6.07) is 4.85. The van der Waals surface area contributed by atoms with Crippen LogP contribution in [0.4, 0.5) is 5.69 Å². The van der Waals surface area contributed by atoms with E-state index in [4.69, 9.17) is 5.26 Å². The molecule has 2 atom stereocenters. The maximum Gasteiger partial charge on any atom is 0.338 e. The molecule has 2 unspecified atom stereocenters. The molecular weight excluding hydrogens is 268 g/mol. The van der Waals surface area contributed by atoms with Crippen LogP contribution in [0, 0.1) is 21.4 Å². The second-order valence-electron chi connectivity index (χ2n) is 3.82. The number of esters is 1. The summed E-state index contributed by atoms with van der Waals surface area (Å²) in [5, 5.41) is 38.9. The summed E-state index contributed by atoms with van der Waals surface area (Å²) in [6.45, 7) is 1.54. The van der Waals surface area contributed by atoms with Gasteiger partial charge in [-0.3, -0.25) is 10.1 Å². The summed E-state index contributed by atoms with van der Waals surface area (Å²) >= 11 is 0. The van der Waals surface area contributed by atoms with Crippen LogP contribution in [-0.4, -0.2) is 33.8 Å². The van der Waals surface area contributed by atoms with E-state index in [0.29, 0.717) is 0 Å². The van der Waals surface area contributed by atoms with E-state index in [1.807, 2.05) is 0 Å². The zero-order chi connectivity index (χ0) is 15.3. The molecule has 0 saturated carbocycles. The van der Waals surface area contributed by atoms with Crippen molar-refractivity contribution in [3.8, 4) is 6.07 Å². The Morgan fingerprint density at radius 3 is 2.65 bits per heavy atom. The molecule has 0 heterocycles. The minimum absolute atomic E-state index is 0.0149. The minimum atomic E-state index is -1.89. The Hall–Kier alpha value is -2.50. The predicted octanol–water partition coefficient (Wildman–Crippen LogP) is 0.424. The number of aliphatic hydroxyl groups is 2. The third kappa shape index (κ3) is 3.50.